The Morgan fingerprint density at radius 3 is 2.17 bits per heavy atom. The van der Waals surface area contributed by atoms with Gasteiger partial charge in [-0.15, -0.1) is 0 Å². The standard InChI is InChI=1S/C27H34F2N2O5/c1-18-22(35-3)14-21(15-23(18)36-4)19(2)31(13-9-8-12-20-10-6-5-7-11-20)25(34)30-26(24(32)33)16-27(28,29)17-26/h5-7,10-11,14-15,19H,8-9,12-13,16-17H2,1-4H3,(H,30,34)(H,32,33)/t19-/m0/s1. The van der Waals surface area contributed by atoms with Crippen molar-refractivity contribution in [3.05, 3.63) is 59.2 Å². The van der Waals surface area contributed by atoms with Crippen LogP contribution in [0.2, 0.25) is 0 Å². The number of halogens is 2. The van der Waals surface area contributed by atoms with Crippen LogP contribution in [0.3, 0.4) is 0 Å². The Morgan fingerprint density at radius 2 is 1.67 bits per heavy atom. The first-order valence-electron chi connectivity index (χ1n) is 12.0. The number of urea groups is 1. The number of carbonyl (C=O) groups excluding carboxylic acids is 1. The fourth-order valence-electron chi connectivity index (χ4n) is 4.66. The van der Waals surface area contributed by atoms with E-state index in [1.54, 1.807) is 12.1 Å². The molecule has 1 aliphatic rings. The maximum absolute atomic E-state index is 13.6. The number of nitrogens with zero attached hydrogens (tertiary/aromatic N) is 1. The average molecular weight is 505 g/mol. The lowest BCUT2D eigenvalue weighted by atomic mass is 9.73. The summed E-state index contributed by atoms with van der Waals surface area (Å²) in [4.78, 5) is 26.7. The fourth-order valence-corrected chi connectivity index (χ4v) is 4.66. The molecule has 0 aliphatic heterocycles. The van der Waals surface area contributed by atoms with Crippen molar-refractivity contribution in [2.45, 2.75) is 63.5 Å². The number of hydrogen-bond acceptors (Lipinski definition) is 4. The number of nitrogens with one attached hydrogen (secondary N) is 1. The monoisotopic (exact) mass is 504 g/mol. The summed E-state index contributed by atoms with van der Waals surface area (Å²) in [5, 5.41) is 12.0. The largest absolute Gasteiger partial charge is 0.496 e. The lowest BCUT2D eigenvalue weighted by Gasteiger charge is -2.45. The Bertz CT molecular complexity index is 1040. The molecule has 196 valence electrons. The Labute approximate surface area is 210 Å². The first-order valence-corrected chi connectivity index (χ1v) is 12.0. The number of methoxy groups -OCH3 is 2. The smallest absolute Gasteiger partial charge is 0.329 e. The van der Waals surface area contributed by atoms with E-state index in [9.17, 15) is 23.5 Å². The van der Waals surface area contributed by atoms with E-state index in [1.807, 2.05) is 44.2 Å². The molecule has 0 unspecified atom stereocenters. The first kappa shape index (κ1) is 27.2. The summed E-state index contributed by atoms with van der Waals surface area (Å²) in [6, 6.07) is 12.4. The molecular formula is C27H34F2N2O5. The van der Waals surface area contributed by atoms with Crippen molar-refractivity contribution in [3.8, 4) is 11.5 Å². The molecule has 1 saturated carbocycles. The highest BCUT2D eigenvalue weighted by Gasteiger charge is 2.62. The van der Waals surface area contributed by atoms with Gasteiger partial charge in [-0.2, -0.15) is 0 Å². The van der Waals surface area contributed by atoms with E-state index in [2.05, 4.69) is 5.32 Å². The number of benzene rings is 2. The average Bonchev–Trinajstić information content (AvgIpc) is 2.83. The summed E-state index contributed by atoms with van der Waals surface area (Å²) in [5.41, 5.74) is 0.717. The summed E-state index contributed by atoms with van der Waals surface area (Å²) >= 11 is 0. The highest BCUT2D eigenvalue weighted by molar-refractivity contribution is 5.88. The molecule has 7 nitrogen and oxygen atoms in total. The SMILES string of the molecule is COc1cc([C@H](C)N(CCCCc2ccccc2)C(=O)NC2(C(=O)O)CC(F)(F)C2)cc(OC)c1C. The third-order valence-electron chi connectivity index (χ3n) is 6.82. The highest BCUT2D eigenvalue weighted by Crippen LogP contribution is 2.46. The van der Waals surface area contributed by atoms with E-state index < -0.39 is 42.3 Å². The van der Waals surface area contributed by atoms with Crippen LogP contribution in [0.4, 0.5) is 13.6 Å². The van der Waals surface area contributed by atoms with E-state index >= 15 is 0 Å². The maximum Gasteiger partial charge on any atom is 0.329 e. The van der Waals surface area contributed by atoms with Crippen molar-refractivity contribution in [1.29, 1.82) is 0 Å². The predicted octanol–water partition coefficient (Wildman–Crippen LogP) is 5.36. The molecule has 2 aromatic carbocycles. The van der Waals surface area contributed by atoms with Gasteiger partial charge in [0.1, 0.15) is 11.5 Å². The van der Waals surface area contributed by atoms with Gasteiger partial charge in [0, 0.05) is 24.9 Å². The molecule has 0 saturated heterocycles. The summed E-state index contributed by atoms with van der Waals surface area (Å²) < 4.78 is 38.2. The molecule has 0 aromatic heterocycles. The van der Waals surface area contributed by atoms with Gasteiger partial charge in [-0.05, 0) is 56.4 Å². The van der Waals surface area contributed by atoms with E-state index in [1.165, 1.54) is 24.7 Å². The number of aryl methyl sites for hydroxylation is 1. The van der Waals surface area contributed by atoms with E-state index in [-0.39, 0.29) is 0 Å². The van der Waals surface area contributed by atoms with Crippen molar-refractivity contribution in [3.63, 3.8) is 0 Å². The van der Waals surface area contributed by atoms with Crippen LogP contribution < -0.4 is 14.8 Å². The number of carboxylic acid groups (broad SMARTS) is 1. The Kier molecular flexibility index (Phi) is 8.43. The molecule has 0 radical (unpaired) electrons. The lowest BCUT2D eigenvalue weighted by Crippen LogP contribution is -2.68. The molecule has 2 amide bonds. The Morgan fingerprint density at radius 1 is 1.08 bits per heavy atom. The minimum atomic E-state index is -3.12. The van der Waals surface area contributed by atoms with Crippen molar-refractivity contribution in [2.75, 3.05) is 20.8 Å². The summed E-state index contributed by atoms with van der Waals surface area (Å²) in [6.45, 7) is 3.97. The molecule has 36 heavy (non-hydrogen) atoms. The van der Waals surface area contributed by atoms with Crippen LogP contribution in [0.25, 0.3) is 0 Å². The van der Waals surface area contributed by atoms with Gasteiger partial charge in [0.25, 0.3) is 5.92 Å². The molecule has 9 heteroatoms. The molecule has 1 fully saturated rings. The fraction of sp³-hybridized carbons (Fsp3) is 0.481. The lowest BCUT2D eigenvalue weighted by molar-refractivity contribution is -0.175. The zero-order chi connectivity index (χ0) is 26.5. The van der Waals surface area contributed by atoms with Crippen LogP contribution in [0, 0.1) is 6.92 Å². The Hall–Kier alpha value is -3.36. The summed E-state index contributed by atoms with van der Waals surface area (Å²) in [7, 11) is 3.08. The topological polar surface area (TPSA) is 88.1 Å². The zero-order valence-electron chi connectivity index (χ0n) is 21.1. The van der Waals surface area contributed by atoms with Gasteiger partial charge in [-0.1, -0.05) is 30.3 Å². The van der Waals surface area contributed by atoms with Crippen LogP contribution in [-0.4, -0.2) is 54.2 Å². The second kappa shape index (κ2) is 11.1. The van der Waals surface area contributed by atoms with Crippen molar-refractivity contribution >= 4 is 12.0 Å². The third kappa shape index (κ3) is 6.06. The van der Waals surface area contributed by atoms with Gasteiger partial charge in [0.15, 0.2) is 5.54 Å². The first-order chi connectivity index (χ1) is 17.0. The van der Waals surface area contributed by atoms with Crippen molar-refractivity contribution in [2.24, 2.45) is 0 Å². The summed E-state index contributed by atoms with van der Waals surface area (Å²) in [5.74, 6) is -3.41. The van der Waals surface area contributed by atoms with E-state index in [0.29, 0.717) is 24.5 Å². The van der Waals surface area contributed by atoms with Gasteiger partial charge < -0.3 is 24.8 Å². The third-order valence-corrected chi connectivity index (χ3v) is 6.82. The second-order valence-corrected chi connectivity index (χ2v) is 9.39. The molecule has 1 atom stereocenters. The normalized spacial score (nSPS) is 16.4. The number of amides is 2. The number of carbonyl (C=O) groups is 2. The van der Waals surface area contributed by atoms with Crippen molar-refractivity contribution in [1.82, 2.24) is 10.2 Å². The van der Waals surface area contributed by atoms with E-state index in [0.717, 1.165) is 24.0 Å². The zero-order valence-corrected chi connectivity index (χ0v) is 21.1. The maximum atomic E-state index is 13.6. The molecule has 0 bridgehead atoms. The van der Waals surface area contributed by atoms with Gasteiger partial charge in [-0.25, -0.2) is 18.4 Å². The predicted molar refractivity (Wildman–Crippen MR) is 132 cm³/mol. The van der Waals surface area contributed by atoms with Crippen LogP contribution >= 0.6 is 0 Å². The Balaban J connectivity index is 1.82. The number of rotatable bonds is 11. The van der Waals surface area contributed by atoms with Crippen LogP contribution in [0.5, 0.6) is 11.5 Å². The summed E-state index contributed by atoms with van der Waals surface area (Å²) in [6.07, 6.45) is 0.404. The van der Waals surface area contributed by atoms with Crippen molar-refractivity contribution < 1.29 is 33.0 Å². The minimum Gasteiger partial charge on any atom is -0.496 e. The van der Waals surface area contributed by atoms with Crippen LogP contribution in [0.1, 0.15) is 55.3 Å². The number of unbranched alkanes of at least 4 members (excludes halogenated alkanes) is 1. The van der Waals surface area contributed by atoms with Crippen LogP contribution in [0.15, 0.2) is 42.5 Å². The van der Waals surface area contributed by atoms with Gasteiger partial charge in [-0.3, -0.25) is 0 Å². The second-order valence-electron chi connectivity index (χ2n) is 9.39. The molecule has 2 aromatic rings. The molecule has 1 aliphatic carbocycles. The number of aliphatic carboxylic acids is 1. The van der Waals surface area contributed by atoms with Gasteiger partial charge in [0.2, 0.25) is 0 Å². The number of carboxylic acids is 1. The molecular weight excluding hydrogens is 470 g/mol. The molecule has 0 heterocycles. The minimum absolute atomic E-state index is 0.310. The molecule has 3 rings (SSSR count). The molecule has 0 spiro atoms. The van der Waals surface area contributed by atoms with Gasteiger partial charge in [0.05, 0.1) is 20.3 Å². The highest BCUT2D eigenvalue weighted by atomic mass is 19.3. The number of ether oxygens (including phenoxy) is 2. The van der Waals surface area contributed by atoms with E-state index in [4.69, 9.17) is 9.47 Å². The quantitative estimate of drug-likeness (QED) is 0.402. The van der Waals surface area contributed by atoms with Crippen LogP contribution in [-0.2, 0) is 11.2 Å². The number of hydrogen-bond donors (Lipinski definition) is 2. The van der Waals surface area contributed by atoms with Gasteiger partial charge >= 0.3 is 12.0 Å². The molecule has 2 N–H and O–H groups in total. The number of alkyl halides is 2.